The lowest BCUT2D eigenvalue weighted by Gasteiger charge is -2.37. The average molecular weight is 329 g/mol. The van der Waals surface area contributed by atoms with E-state index in [0.29, 0.717) is 25.2 Å². The molecule has 1 heterocycles. The first-order valence-corrected chi connectivity index (χ1v) is 8.81. The number of halogens is 1. The molecule has 1 fully saturated rings. The fourth-order valence-electron chi connectivity index (χ4n) is 2.41. The molecule has 1 amide bonds. The van der Waals surface area contributed by atoms with E-state index in [0.717, 1.165) is 10.6 Å². The van der Waals surface area contributed by atoms with Crippen LogP contribution in [0.4, 0.5) is 4.39 Å². The maximum Gasteiger partial charge on any atom is 0.238 e. The molecule has 0 saturated carbocycles. The Morgan fingerprint density at radius 2 is 2.23 bits per heavy atom. The van der Waals surface area contributed by atoms with Crippen LogP contribution in [0, 0.1) is 5.82 Å². The Bertz CT molecular complexity index is 650. The fourth-order valence-corrected chi connectivity index (χ4v) is 2.76. The van der Waals surface area contributed by atoms with Crippen LogP contribution < -0.4 is 5.32 Å². The molecule has 122 valence electrons. The highest BCUT2D eigenvalue weighted by molar-refractivity contribution is 7.88. The van der Waals surface area contributed by atoms with Gasteiger partial charge in [-0.05, 0) is 17.7 Å². The summed E-state index contributed by atoms with van der Waals surface area (Å²) in [6.07, 6.45) is 1.06. The van der Waals surface area contributed by atoms with Crippen LogP contribution in [0.5, 0.6) is 0 Å². The van der Waals surface area contributed by atoms with Gasteiger partial charge in [-0.3, -0.25) is 4.79 Å². The first-order chi connectivity index (χ1) is 10.3. The van der Waals surface area contributed by atoms with Gasteiger partial charge >= 0.3 is 0 Å². The molecular formula is C14H20FN3O3S. The van der Waals surface area contributed by atoms with Crippen molar-refractivity contribution in [1.82, 2.24) is 14.5 Å². The lowest BCUT2D eigenvalue weighted by Crippen LogP contribution is -2.51. The zero-order valence-corrected chi connectivity index (χ0v) is 13.4. The summed E-state index contributed by atoms with van der Waals surface area (Å²) in [6, 6.07) is 5.82. The molecule has 1 saturated heterocycles. The minimum absolute atomic E-state index is 0.218. The normalized spacial score (nSPS) is 19.5. The highest BCUT2D eigenvalue weighted by Gasteiger charge is 2.29. The lowest BCUT2D eigenvalue weighted by molar-refractivity contribution is -0.134. The number of rotatable bonds is 4. The first kappa shape index (κ1) is 16.9. The maximum atomic E-state index is 13.4. The second kappa shape index (κ2) is 6.72. The quantitative estimate of drug-likeness (QED) is 0.856. The Balaban J connectivity index is 2.18. The summed E-state index contributed by atoms with van der Waals surface area (Å²) in [5.74, 6) is -0.646. The third kappa shape index (κ3) is 4.02. The van der Waals surface area contributed by atoms with E-state index < -0.39 is 10.0 Å². The van der Waals surface area contributed by atoms with Crippen molar-refractivity contribution in [2.75, 3.05) is 39.5 Å². The average Bonchev–Trinajstić information content (AvgIpc) is 2.46. The molecule has 8 heteroatoms. The van der Waals surface area contributed by atoms with Crippen molar-refractivity contribution in [1.29, 1.82) is 0 Å². The van der Waals surface area contributed by atoms with Gasteiger partial charge in [-0.2, -0.15) is 4.31 Å². The van der Waals surface area contributed by atoms with Crippen molar-refractivity contribution < 1.29 is 17.6 Å². The van der Waals surface area contributed by atoms with Gasteiger partial charge in [-0.15, -0.1) is 0 Å². The van der Waals surface area contributed by atoms with Crippen LogP contribution in [0.3, 0.4) is 0 Å². The van der Waals surface area contributed by atoms with Crippen LogP contribution in [0.2, 0.25) is 0 Å². The molecule has 0 radical (unpaired) electrons. The number of piperazine rings is 1. The molecule has 1 atom stereocenters. The van der Waals surface area contributed by atoms with Gasteiger partial charge in [0.05, 0.1) is 18.8 Å². The van der Waals surface area contributed by atoms with Crippen molar-refractivity contribution in [2.45, 2.75) is 6.04 Å². The summed E-state index contributed by atoms with van der Waals surface area (Å²) in [5.41, 5.74) is 0.697. The molecule has 1 aliphatic heterocycles. The molecular weight excluding hydrogens is 309 g/mol. The van der Waals surface area contributed by atoms with E-state index in [4.69, 9.17) is 0 Å². The third-order valence-corrected chi connectivity index (χ3v) is 4.98. The van der Waals surface area contributed by atoms with Gasteiger partial charge in [0.25, 0.3) is 0 Å². The number of hydrogen-bond acceptors (Lipinski definition) is 4. The van der Waals surface area contributed by atoms with E-state index in [1.807, 2.05) is 0 Å². The van der Waals surface area contributed by atoms with Gasteiger partial charge in [-0.25, -0.2) is 12.8 Å². The molecule has 1 aromatic rings. The number of nitrogens with one attached hydrogen (secondary N) is 1. The number of benzene rings is 1. The van der Waals surface area contributed by atoms with Crippen molar-refractivity contribution in [3.8, 4) is 0 Å². The third-order valence-electron chi connectivity index (χ3n) is 3.72. The number of carbonyl (C=O) groups is 1. The Kier molecular flexibility index (Phi) is 5.15. The van der Waals surface area contributed by atoms with E-state index in [2.05, 4.69) is 5.32 Å². The Labute approximate surface area is 130 Å². The summed E-state index contributed by atoms with van der Waals surface area (Å²) in [7, 11) is -2.05. The SMILES string of the molecule is CN(CC(=O)N1CCNCC1c1cccc(F)c1)S(C)(=O)=O. The van der Waals surface area contributed by atoms with Crippen molar-refractivity contribution in [3.63, 3.8) is 0 Å². The molecule has 0 aliphatic carbocycles. The highest BCUT2D eigenvalue weighted by atomic mass is 32.2. The summed E-state index contributed by atoms with van der Waals surface area (Å²) in [5, 5.41) is 3.17. The molecule has 1 aromatic carbocycles. The standard InChI is InChI=1S/C14H20FN3O3S/c1-17(22(2,20)21)10-14(19)18-7-6-16-9-13(18)11-4-3-5-12(15)8-11/h3-5,8,13,16H,6-7,9-10H2,1-2H3. The number of sulfonamides is 1. The van der Waals surface area contributed by atoms with Gasteiger partial charge in [0.15, 0.2) is 0 Å². The van der Waals surface area contributed by atoms with Gasteiger partial charge < -0.3 is 10.2 Å². The van der Waals surface area contributed by atoms with Crippen LogP contribution in [0.1, 0.15) is 11.6 Å². The molecule has 0 spiro atoms. The molecule has 2 rings (SSSR count). The molecule has 1 unspecified atom stereocenters. The highest BCUT2D eigenvalue weighted by Crippen LogP contribution is 2.23. The van der Waals surface area contributed by atoms with Crippen LogP contribution >= 0.6 is 0 Å². The number of carbonyl (C=O) groups excluding carboxylic acids is 1. The summed E-state index contributed by atoms with van der Waals surface area (Å²) >= 11 is 0. The van der Waals surface area contributed by atoms with E-state index in [1.165, 1.54) is 19.2 Å². The second-order valence-corrected chi connectivity index (χ2v) is 7.47. The molecule has 0 aromatic heterocycles. The van der Waals surface area contributed by atoms with Crippen molar-refractivity contribution in [3.05, 3.63) is 35.6 Å². The first-order valence-electron chi connectivity index (χ1n) is 6.96. The largest absolute Gasteiger partial charge is 0.332 e. The maximum absolute atomic E-state index is 13.4. The van der Waals surface area contributed by atoms with Gasteiger partial charge in [0, 0.05) is 26.7 Å². The van der Waals surface area contributed by atoms with Crippen LogP contribution in [-0.2, 0) is 14.8 Å². The van der Waals surface area contributed by atoms with E-state index in [9.17, 15) is 17.6 Å². The monoisotopic (exact) mass is 329 g/mol. The fraction of sp³-hybridized carbons (Fsp3) is 0.500. The van der Waals surface area contributed by atoms with E-state index in [-0.39, 0.29) is 24.3 Å². The molecule has 22 heavy (non-hydrogen) atoms. The van der Waals surface area contributed by atoms with Crippen LogP contribution in [0.25, 0.3) is 0 Å². The minimum atomic E-state index is -3.42. The predicted molar refractivity (Wildman–Crippen MR) is 81.2 cm³/mol. The number of likely N-dealkylation sites (N-methyl/N-ethyl adjacent to an activating group) is 1. The zero-order valence-electron chi connectivity index (χ0n) is 12.6. The summed E-state index contributed by atoms with van der Waals surface area (Å²) in [6.45, 7) is 1.38. The Morgan fingerprint density at radius 1 is 1.50 bits per heavy atom. The van der Waals surface area contributed by atoms with E-state index in [1.54, 1.807) is 17.0 Å². The number of nitrogens with zero attached hydrogens (tertiary/aromatic N) is 2. The molecule has 1 N–H and O–H groups in total. The van der Waals surface area contributed by atoms with Gasteiger partial charge in [-0.1, -0.05) is 12.1 Å². The Hall–Kier alpha value is -1.51. The molecule has 1 aliphatic rings. The van der Waals surface area contributed by atoms with Crippen LogP contribution in [0.15, 0.2) is 24.3 Å². The summed E-state index contributed by atoms with van der Waals surface area (Å²) in [4.78, 5) is 14.0. The zero-order chi connectivity index (χ0) is 16.3. The van der Waals surface area contributed by atoms with Crippen molar-refractivity contribution >= 4 is 15.9 Å². The minimum Gasteiger partial charge on any atom is -0.332 e. The topological polar surface area (TPSA) is 69.7 Å². The van der Waals surface area contributed by atoms with Crippen LogP contribution in [-0.4, -0.2) is 63.0 Å². The molecule has 6 nitrogen and oxygen atoms in total. The van der Waals surface area contributed by atoms with E-state index >= 15 is 0 Å². The van der Waals surface area contributed by atoms with Gasteiger partial charge in [0.2, 0.25) is 15.9 Å². The number of hydrogen-bond donors (Lipinski definition) is 1. The predicted octanol–water partition coefficient (Wildman–Crippen LogP) is 0.190. The second-order valence-electron chi connectivity index (χ2n) is 5.38. The number of amides is 1. The van der Waals surface area contributed by atoms with Crippen molar-refractivity contribution in [2.24, 2.45) is 0 Å². The summed E-state index contributed by atoms with van der Waals surface area (Å²) < 4.78 is 37.3. The van der Waals surface area contributed by atoms with Gasteiger partial charge in [0.1, 0.15) is 5.82 Å². The Morgan fingerprint density at radius 3 is 2.86 bits per heavy atom. The lowest BCUT2D eigenvalue weighted by atomic mass is 10.0. The molecule has 0 bridgehead atoms. The smallest absolute Gasteiger partial charge is 0.238 e.